The Kier molecular flexibility index (Phi) is 14.6. The quantitative estimate of drug-likeness (QED) is 0.104. The van der Waals surface area contributed by atoms with Crippen molar-refractivity contribution < 1.29 is 55.0 Å². The molecular formula is C40H50N6O5SU. The SMILES string of the molecule is C=C[C@@H]1C#C[C@]1(NC(=O)[C@@H]1C[CH-]CN1C(=O)[C@@H](NC(=O)OC[C@@H](CC)CCCc1ccc2ccn[c-]c2c1)C1CCCCC1)C(=O)NS(=N)C1CC1.[U+2]. The zero-order valence-corrected chi connectivity index (χ0v) is 35.4. The number of rotatable bonds is 16. The Morgan fingerprint density at radius 2 is 2.00 bits per heavy atom. The van der Waals surface area contributed by atoms with Crippen molar-refractivity contribution in [1.82, 2.24) is 25.2 Å². The van der Waals surface area contributed by atoms with Crippen LogP contribution in [0, 0.1) is 78.1 Å². The summed E-state index contributed by atoms with van der Waals surface area (Å²) in [7, 11) is -1.07. The van der Waals surface area contributed by atoms with Crippen LogP contribution < -0.4 is 15.4 Å². The number of amides is 4. The standard InChI is InChI=1S/C40H50N6O5S.U/c1-3-27(10-8-11-28-15-16-29-20-22-42-25-31(29)24-28)26-51-39(50)43-35(30-12-6-5-7-13-30)37(48)46-23-9-14-34(46)36(47)44-40(21-19-32(40)4-2)38(49)45-52(41)33-17-18-33;/h4,9,15-16,20,22,24,27,30,32-35H,2-3,5-8,10-14,17-18,23,26H2,1H3,(H,43,50)(H,44,47)(H2,41,45,49);/q-2;+2/t27-,32+,34-,35-,40+,52?;/m0./s1. The van der Waals surface area contributed by atoms with Gasteiger partial charge < -0.3 is 31.7 Å². The van der Waals surface area contributed by atoms with Crippen molar-refractivity contribution >= 4 is 45.5 Å². The Morgan fingerprint density at radius 3 is 2.70 bits per heavy atom. The van der Waals surface area contributed by atoms with Crippen molar-refractivity contribution in [2.24, 2.45) is 17.8 Å². The number of nitrogens with zero attached hydrogens (tertiary/aromatic N) is 2. The smallest absolute Gasteiger partial charge is 0.449 e. The number of pyridine rings is 1. The van der Waals surface area contributed by atoms with Crippen LogP contribution in [0.4, 0.5) is 4.79 Å². The van der Waals surface area contributed by atoms with E-state index in [0.29, 0.717) is 6.42 Å². The molecule has 6 rings (SSSR count). The second-order valence-corrected chi connectivity index (χ2v) is 16.1. The molecule has 1 unspecified atom stereocenters. The van der Waals surface area contributed by atoms with Crippen molar-refractivity contribution in [3.05, 3.63) is 61.3 Å². The van der Waals surface area contributed by atoms with E-state index in [0.717, 1.165) is 81.4 Å². The van der Waals surface area contributed by atoms with Gasteiger partial charge >= 0.3 is 37.2 Å². The third kappa shape index (κ3) is 9.93. The molecule has 1 aliphatic heterocycles. The maximum atomic E-state index is 14.3. The third-order valence-corrected chi connectivity index (χ3v) is 12.5. The average molecular weight is 965 g/mol. The first kappa shape index (κ1) is 41.0. The summed E-state index contributed by atoms with van der Waals surface area (Å²) < 4.78 is 16.8. The summed E-state index contributed by atoms with van der Waals surface area (Å²) in [6.45, 7) is 6.39. The molecule has 2 saturated carbocycles. The summed E-state index contributed by atoms with van der Waals surface area (Å²) in [4.78, 5) is 60.5. The van der Waals surface area contributed by atoms with Gasteiger partial charge in [-0.25, -0.2) is 4.79 Å². The predicted octanol–water partition coefficient (Wildman–Crippen LogP) is 5.11. The number of ether oxygens (including phenoxy) is 1. The fourth-order valence-corrected chi connectivity index (χ4v) is 8.61. The minimum absolute atomic E-state index is 0. The Bertz CT molecular complexity index is 1750. The molecule has 2 heterocycles. The molecule has 11 nitrogen and oxygen atoms in total. The number of nitrogens with one attached hydrogen (secondary N) is 4. The predicted molar refractivity (Wildman–Crippen MR) is 200 cm³/mol. The van der Waals surface area contributed by atoms with E-state index in [1.165, 1.54) is 16.5 Å². The number of fused-ring (bicyclic) bond motifs is 1. The van der Waals surface area contributed by atoms with E-state index in [1.54, 1.807) is 6.20 Å². The summed E-state index contributed by atoms with van der Waals surface area (Å²) in [6.07, 6.45) is 17.8. The van der Waals surface area contributed by atoms with Crippen LogP contribution in [0.1, 0.15) is 83.1 Å². The van der Waals surface area contributed by atoms with Gasteiger partial charge in [-0.1, -0.05) is 74.4 Å². The van der Waals surface area contributed by atoms with Crippen LogP contribution in [0.5, 0.6) is 0 Å². The van der Waals surface area contributed by atoms with Gasteiger partial charge in [0.05, 0.1) is 18.6 Å². The van der Waals surface area contributed by atoms with Gasteiger partial charge in [0.2, 0.25) is 11.8 Å². The molecule has 53 heavy (non-hydrogen) atoms. The van der Waals surface area contributed by atoms with Crippen molar-refractivity contribution in [2.75, 3.05) is 13.2 Å². The third-order valence-electron chi connectivity index (χ3n) is 10.9. The molecule has 0 bridgehead atoms. The van der Waals surface area contributed by atoms with Gasteiger partial charge in [-0.2, -0.15) is 0 Å². The van der Waals surface area contributed by atoms with E-state index in [4.69, 9.17) is 9.52 Å². The average Bonchev–Trinajstić information content (AvgIpc) is 3.89. The number of likely N-dealkylation sites (tertiary alicyclic amines) is 1. The summed E-state index contributed by atoms with van der Waals surface area (Å²) in [6, 6.07) is 6.62. The second kappa shape index (κ2) is 18.9. The van der Waals surface area contributed by atoms with E-state index in [2.05, 4.69) is 70.1 Å². The van der Waals surface area contributed by atoms with Gasteiger partial charge in [0.15, 0.2) is 5.54 Å². The number of benzene rings is 1. The van der Waals surface area contributed by atoms with Gasteiger partial charge in [-0.3, -0.25) is 23.9 Å². The number of carbonyl (C=O) groups excluding carboxylic acids is 4. The summed E-state index contributed by atoms with van der Waals surface area (Å²) in [5, 5.41) is 8.01. The van der Waals surface area contributed by atoms with Gasteiger partial charge in [0, 0.05) is 5.25 Å². The maximum Gasteiger partial charge on any atom is 2.00 e. The number of hydrogen-bond acceptors (Lipinski definition) is 7. The summed E-state index contributed by atoms with van der Waals surface area (Å²) in [5.41, 5.74) is -0.316. The van der Waals surface area contributed by atoms with Gasteiger partial charge in [0.1, 0.15) is 6.04 Å². The fourth-order valence-electron chi connectivity index (χ4n) is 7.48. The minimum Gasteiger partial charge on any atom is -0.449 e. The monoisotopic (exact) mass is 964 g/mol. The van der Waals surface area contributed by atoms with E-state index < -0.39 is 52.3 Å². The van der Waals surface area contributed by atoms with Crippen molar-refractivity contribution in [3.63, 3.8) is 0 Å². The largest absolute Gasteiger partial charge is 2.00 e. The molecule has 2 aromatic rings. The summed E-state index contributed by atoms with van der Waals surface area (Å²) >= 11 is 0. The zero-order valence-electron chi connectivity index (χ0n) is 30.5. The molecule has 1 saturated heterocycles. The van der Waals surface area contributed by atoms with Crippen molar-refractivity contribution in [1.29, 1.82) is 4.78 Å². The molecule has 0 spiro atoms. The fraction of sp³-hybridized carbons (Fsp3) is 0.550. The Hall–Kier alpha value is -3.19. The Balaban J connectivity index is 0.00000541. The Labute approximate surface area is 339 Å². The number of aromatic nitrogens is 1. The van der Waals surface area contributed by atoms with Crippen molar-refractivity contribution in [3.8, 4) is 11.8 Å². The zero-order chi connectivity index (χ0) is 36.7. The molecule has 4 N–H and O–H groups in total. The maximum absolute atomic E-state index is 14.3. The van der Waals surface area contributed by atoms with E-state index in [9.17, 15) is 19.2 Å². The number of aryl methyl sites for hydroxylation is 1. The number of hydrogen-bond donors (Lipinski definition) is 4. The Morgan fingerprint density at radius 1 is 1.21 bits per heavy atom. The van der Waals surface area contributed by atoms with Crippen LogP contribution in [-0.2, 0) is 36.4 Å². The minimum atomic E-state index is -1.54. The first-order valence-electron chi connectivity index (χ1n) is 18.8. The normalized spacial score (nSPS) is 23.9. The topological polar surface area (TPSA) is 154 Å². The molecule has 3 fully saturated rings. The van der Waals surface area contributed by atoms with E-state index in [1.807, 2.05) is 12.5 Å². The molecule has 4 amide bonds. The van der Waals surface area contributed by atoms with Crippen LogP contribution in [0.3, 0.4) is 0 Å². The first-order chi connectivity index (χ1) is 25.2. The molecule has 3 aliphatic carbocycles. The molecule has 1 aromatic heterocycles. The van der Waals surface area contributed by atoms with Crippen LogP contribution in [0.25, 0.3) is 10.8 Å². The second-order valence-electron chi connectivity index (χ2n) is 14.5. The van der Waals surface area contributed by atoms with E-state index in [-0.39, 0.29) is 67.3 Å². The van der Waals surface area contributed by atoms with Gasteiger partial charge in [-0.15, -0.1) is 42.4 Å². The molecule has 280 valence electrons. The van der Waals surface area contributed by atoms with E-state index >= 15 is 0 Å². The molecule has 6 atom stereocenters. The first-order valence-corrected chi connectivity index (χ1v) is 20.0. The van der Waals surface area contributed by atoms with Crippen LogP contribution in [0.15, 0.2) is 43.1 Å². The van der Waals surface area contributed by atoms with Gasteiger partial charge in [-0.05, 0) is 73.9 Å². The summed E-state index contributed by atoms with van der Waals surface area (Å²) in [5.74, 6) is 3.88. The molecular weight excluding hydrogens is 915 g/mol. The van der Waals surface area contributed by atoms with Crippen LogP contribution in [0.2, 0.25) is 0 Å². The molecule has 13 heteroatoms. The van der Waals surface area contributed by atoms with Crippen LogP contribution in [-0.4, -0.2) is 69.7 Å². The van der Waals surface area contributed by atoms with Crippen molar-refractivity contribution in [2.45, 2.75) is 107 Å². The molecule has 4 aliphatic rings. The van der Waals surface area contributed by atoms with Crippen LogP contribution >= 0.6 is 0 Å². The number of carbonyl (C=O) groups is 4. The molecule has 0 radical (unpaired) electrons. The molecule has 1 aromatic carbocycles. The number of alkyl carbamates (subject to hydrolysis) is 1. The van der Waals surface area contributed by atoms with Gasteiger partial charge in [0.25, 0.3) is 5.91 Å².